The van der Waals surface area contributed by atoms with Crippen molar-refractivity contribution < 1.29 is 18.8 Å². The van der Waals surface area contributed by atoms with Gasteiger partial charge in [-0.25, -0.2) is 0 Å². The van der Waals surface area contributed by atoms with E-state index in [4.69, 9.17) is 14.0 Å². The van der Waals surface area contributed by atoms with Gasteiger partial charge in [0.2, 0.25) is 0 Å². The zero-order valence-electron chi connectivity index (χ0n) is 17.8. The summed E-state index contributed by atoms with van der Waals surface area (Å²) < 4.78 is 17.3. The van der Waals surface area contributed by atoms with E-state index in [2.05, 4.69) is 56.9 Å². The van der Waals surface area contributed by atoms with Crippen LogP contribution < -0.4 is 10.4 Å². The number of ether oxygens (including phenoxy) is 1. The summed E-state index contributed by atoms with van der Waals surface area (Å²) in [5.41, 5.74) is 2.10. The number of anilines is 1. The van der Waals surface area contributed by atoms with Gasteiger partial charge in [-0.15, -0.1) is 0 Å². The Morgan fingerprint density at radius 2 is 1.68 bits per heavy atom. The normalized spacial score (nSPS) is 24.8. The molecule has 0 unspecified atom stereocenters. The molecule has 1 aromatic carbocycles. The van der Waals surface area contributed by atoms with Crippen LogP contribution in [0.4, 0.5) is 5.69 Å². The van der Waals surface area contributed by atoms with E-state index in [9.17, 15) is 4.79 Å². The number of nitrogens with zero attached hydrogens (tertiary/aromatic N) is 1. The highest BCUT2D eigenvalue weighted by Crippen LogP contribution is 2.54. The zero-order valence-corrected chi connectivity index (χ0v) is 17.8. The molecule has 0 N–H and O–H groups in total. The molecule has 4 rings (SSSR count). The fourth-order valence-corrected chi connectivity index (χ4v) is 4.79. The summed E-state index contributed by atoms with van der Waals surface area (Å²) in [6.45, 7) is 12.8. The average molecular weight is 385 g/mol. The molecular weight excluding hydrogens is 353 g/mol. The van der Waals surface area contributed by atoms with E-state index >= 15 is 0 Å². The Bertz CT molecular complexity index is 715. The van der Waals surface area contributed by atoms with Gasteiger partial charge in [-0.05, 0) is 71.0 Å². The van der Waals surface area contributed by atoms with Gasteiger partial charge in [0, 0.05) is 30.6 Å². The lowest BCUT2D eigenvalue weighted by Gasteiger charge is -2.60. The Morgan fingerprint density at radius 1 is 1.11 bits per heavy atom. The fraction of sp³-hybridized carbons (Fsp3) is 0.682. The molecule has 2 saturated heterocycles. The largest absolute Gasteiger partial charge is 0.494 e. The highest BCUT2D eigenvalue weighted by molar-refractivity contribution is 6.62. The number of esters is 1. The molecule has 28 heavy (non-hydrogen) atoms. The van der Waals surface area contributed by atoms with Crippen molar-refractivity contribution in [2.24, 2.45) is 11.3 Å². The lowest BCUT2D eigenvalue weighted by Crippen LogP contribution is -2.62. The highest BCUT2D eigenvalue weighted by atomic mass is 16.7. The van der Waals surface area contributed by atoms with Crippen molar-refractivity contribution in [2.45, 2.75) is 65.1 Å². The number of hydrogen-bond donors (Lipinski definition) is 0. The number of benzene rings is 1. The number of hydrogen-bond acceptors (Lipinski definition) is 5. The molecule has 0 aromatic heterocycles. The second-order valence-corrected chi connectivity index (χ2v) is 9.82. The van der Waals surface area contributed by atoms with Crippen LogP contribution in [0.2, 0.25) is 0 Å². The summed E-state index contributed by atoms with van der Waals surface area (Å²) >= 11 is 0. The van der Waals surface area contributed by atoms with Crippen molar-refractivity contribution in [1.29, 1.82) is 0 Å². The molecule has 1 saturated carbocycles. The van der Waals surface area contributed by atoms with Crippen molar-refractivity contribution in [2.75, 3.05) is 24.6 Å². The Labute approximate surface area is 168 Å². The third-order valence-corrected chi connectivity index (χ3v) is 7.04. The Morgan fingerprint density at radius 3 is 2.21 bits per heavy atom. The smallest absolute Gasteiger partial charge is 0.466 e. The molecule has 152 valence electrons. The van der Waals surface area contributed by atoms with E-state index in [1.54, 1.807) is 0 Å². The minimum absolute atomic E-state index is 0.0446. The Balaban J connectivity index is 1.29. The summed E-state index contributed by atoms with van der Waals surface area (Å²) in [5, 5.41) is 0. The van der Waals surface area contributed by atoms with E-state index in [-0.39, 0.29) is 24.3 Å². The van der Waals surface area contributed by atoms with Gasteiger partial charge >= 0.3 is 13.1 Å². The maximum Gasteiger partial charge on any atom is 0.494 e. The van der Waals surface area contributed by atoms with Crippen molar-refractivity contribution >= 4 is 24.2 Å². The first-order chi connectivity index (χ1) is 13.1. The van der Waals surface area contributed by atoms with Crippen molar-refractivity contribution in [3.8, 4) is 0 Å². The Kier molecular flexibility index (Phi) is 4.78. The van der Waals surface area contributed by atoms with Gasteiger partial charge < -0.3 is 18.9 Å². The molecule has 3 aliphatic rings. The third-order valence-electron chi connectivity index (χ3n) is 7.04. The lowest BCUT2D eigenvalue weighted by atomic mass is 9.57. The maximum absolute atomic E-state index is 11.6. The highest BCUT2D eigenvalue weighted by Gasteiger charge is 2.53. The van der Waals surface area contributed by atoms with Crippen molar-refractivity contribution in [3.05, 3.63) is 24.3 Å². The van der Waals surface area contributed by atoms with Gasteiger partial charge in [-0.1, -0.05) is 12.1 Å². The molecular formula is C22H32BNO4. The monoisotopic (exact) mass is 385 g/mol. The van der Waals surface area contributed by atoms with Crippen LogP contribution in [0.3, 0.4) is 0 Å². The molecule has 0 radical (unpaired) electrons. The molecule has 1 spiro atoms. The lowest BCUT2D eigenvalue weighted by molar-refractivity contribution is -0.146. The van der Waals surface area contributed by atoms with Gasteiger partial charge in [-0.3, -0.25) is 4.79 Å². The van der Waals surface area contributed by atoms with E-state index in [0.717, 1.165) is 31.4 Å². The van der Waals surface area contributed by atoms with Gasteiger partial charge in [0.1, 0.15) is 0 Å². The molecule has 0 bridgehead atoms. The van der Waals surface area contributed by atoms with E-state index in [0.29, 0.717) is 24.4 Å². The summed E-state index contributed by atoms with van der Waals surface area (Å²) in [7, 11) is -0.308. The molecule has 2 aliphatic heterocycles. The molecule has 2 heterocycles. The van der Waals surface area contributed by atoms with Crippen molar-refractivity contribution in [3.63, 3.8) is 0 Å². The number of carbonyl (C=O) groups excluding carboxylic acids is 1. The van der Waals surface area contributed by atoms with Crippen LogP contribution in [0.25, 0.3) is 0 Å². The van der Waals surface area contributed by atoms with E-state index in [1.165, 1.54) is 5.69 Å². The van der Waals surface area contributed by atoms with E-state index < -0.39 is 0 Å². The molecule has 0 amide bonds. The summed E-state index contributed by atoms with van der Waals surface area (Å²) in [6.07, 6.45) is 2.88. The SMILES string of the molecule is CCOC(=O)CC1CC2(C1)CN(c1ccc(B3OC(C)(C)C(C)(C)O3)cc1)C2. The van der Waals surface area contributed by atoms with E-state index in [1.807, 2.05) is 6.92 Å². The standard InChI is InChI=1S/C22H32BNO4/c1-6-26-19(25)11-16-12-22(13-16)14-24(15-22)18-9-7-17(8-10-18)23-27-20(2,3)21(4,5)28-23/h7-10,16H,6,11-15H2,1-5H3. The predicted molar refractivity (Wildman–Crippen MR) is 111 cm³/mol. The number of carbonyl (C=O) groups is 1. The molecule has 6 heteroatoms. The predicted octanol–water partition coefficient (Wildman–Crippen LogP) is 3.16. The number of rotatable bonds is 5. The molecule has 0 atom stereocenters. The average Bonchev–Trinajstić information content (AvgIpc) is 2.77. The van der Waals surface area contributed by atoms with Crippen LogP contribution in [0, 0.1) is 11.3 Å². The molecule has 1 aliphatic carbocycles. The summed E-state index contributed by atoms with van der Waals surface area (Å²) in [6, 6.07) is 8.57. The molecule has 1 aromatic rings. The summed E-state index contributed by atoms with van der Waals surface area (Å²) in [4.78, 5) is 14.0. The van der Waals surface area contributed by atoms with Crippen LogP contribution in [0.5, 0.6) is 0 Å². The topological polar surface area (TPSA) is 48.0 Å². The minimum Gasteiger partial charge on any atom is -0.466 e. The second-order valence-electron chi connectivity index (χ2n) is 9.82. The van der Waals surface area contributed by atoms with Gasteiger partial charge in [0.25, 0.3) is 0 Å². The van der Waals surface area contributed by atoms with Crippen molar-refractivity contribution in [1.82, 2.24) is 0 Å². The maximum atomic E-state index is 11.6. The van der Waals surface area contributed by atoms with Gasteiger partial charge in [0.15, 0.2) is 0 Å². The Hall–Kier alpha value is -1.53. The van der Waals surface area contributed by atoms with Gasteiger partial charge in [-0.2, -0.15) is 0 Å². The first kappa shape index (κ1) is 19.8. The zero-order chi connectivity index (χ0) is 20.2. The van der Waals surface area contributed by atoms with Crippen LogP contribution in [0.1, 0.15) is 53.9 Å². The van der Waals surface area contributed by atoms with Crippen LogP contribution in [-0.2, 0) is 18.8 Å². The van der Waals surface area contributed by atoms with Crippen LogP contribution >= 0.6 is 0 Å². The third kappa shape index (κ3) is 3.46. The summed E-state index contributed by atoms with van der Waals surface area (Å²) in [5.74, 6) is 0.462. The molecule has 5 nitrogen and oxygen atoms in total. The first-order valence-corrected chi connectivity index (χ1v) is 10.5. The minimum atomic E-state index is -0.315. The quantitative estimate of drug-likeness (QED) is 0.576. The fourth-order valence-electron chi connectivity index (χ4n) is 4.79. The molecule has 3 fully saturated rings. The first-order valence-electron chi connectivity index (χ1n) is 10.5. The van der Waals surface area contributed by atoms with Gasteiger partial charge in [0.05, 0.1) is 17.8 Å². The second kappa shape index (κ2) is 6.77. The van der Waals surface area contributed by atoms with Crippen LogP contribution in [0.15, 0.2) is 24.3 Å². The van der Waals surface area contributed by atoms with Crippen LogP contribution in [-0.4, -0.2) is 44.0 Å².